The second-order valence-electron chi connectivity index (χ2n) is 3.05. The molecule has 0 radical (unpaired) electrons. The molecule has 1 aromatic rings. The molecule has 15 heavy (non-hydrogen) atoms. The Kier molecular flexibility index (Phi) is 3.28. The van der Waals surface area contributed by atoms with Crippen molar-refractivity contribution in [3.8, 4) is 5.75 Å². The van der Waals surface area contributed by atoms with Gasteiger partial charge in [0, 0.05) is 0 Å². The van der Waals surface area contributed by atoms with E-state index in [0.29, 0.717) is 5.75 Å². The summed E-state index contributed by atoms with van der Waals surface area (Å²) < 4.78 is 4.88. The van der Waals surface area contributed by atoms with Gasteiger partial charge in [-0.2, -0.15) is 0 Å². The quantitative estimate of drug-likeness (QED) is 0.651. The van der Waals surface area contributed by atoms with Gasteiger partial charge in [-0.1, -0.05) is 12.1 Å². The Balaban J connectivity index is 3.08. The molecule has 0 saturated heterocycles. The van der Waals surface area contributed by atoms with Crippen molar-refractivity contribution in [1.29, 1.82) is 0 Å². The van der Waals surface area contributed by atoms with Crippen molar-refractivity contribution in [3.63, 3.8) is 0 Å². The van der Waals surface area contributed by atoms with Crippen LogP contribution in [-0.2, 0) is 10.4 Å². The summed E-state index contributed by atoms with van der Waals surface area (Å²) in [5.74, 6) is -0.945. The zero-order valence-electron chi connectivity index (χ0n) is 8.17. The lowest BCUT2D eigenvalue weighted by Gasteiger charge is -2.21. The van der Waals surface area contributed by atoms with Crippen LogP contribution in [0.2, 0.25) is 0 Å². The van der Waals surface area contributed by atoms with Crippen LogP contribution in [0.3, 0.4) is 0 Å². The highest BCUT2D eigenvalue weighted by molar-refractivity contribution is 5.79. The molecular formula is C10H12O5. The fraction of sp³-hybridized carbons (Fsp3) is 0.300. The maximum absolute atomic E-state index is 10.8. The van der Waals surface area contributed by atoms with E-state index in [1.807, 2.05) is 0 Å². The van der Waals surface area contributed by atoms with Crippen molar-refractivity contribution < 1.29 is 24.9 Å². The normalized spacial score (nSPS) is 14.3. The molecule has 0 fully saturated rings. The van der Waals surface area contributed by atoms with Crippen LogP contribution in [0.1, 0.15) is 5.56 Å². The molecule has 5 heteroatoms. The minimum absolute atomic E-state index is 0.110. The molecule has 0 aromatic heterocycles. The van der Waals surface area contributed by atoms with E-state index in [0.717, 1.165) is 0 Å². The van der Waals surface area contributed by atoms with Gasteiger partial charge in [-0.15, -0.1) is 0 Å². The van der Waals surface area contributed by atoms with Gasteiger partial charge in [0.1, 0.15) is 5.75 Å². The average molecular weight is 212 g/mol. The molecule has 0 spiro atoms. The minimum Gasteiger partial charge on any atom is -0.497 e. The summed E-state index contributed by atoms with van der Waals surface area (Å²) in [6.07, 6.45) is 0. The van der Waals surface area contributed by atoms with E-state index in [2.05, 4.69) is 0 Å². The van der Waals surface area contributed by atoms with Crippen molar-refractivity contribution in [2.75, 3.05) is 13.7 Å². The van der Waals surface area contributed by atoms with E-state index < -0.39 is 18.2 Å². The molecule has 0 aliphatic heterocycles. The summed E-state index contributed by atoms with van der Waals surface area (Å²) in [6.45, 7) is -0.880. The first-order valence-electron chi connectivity index (χ1n) is 4.25. The third-order valence-corrected chi connectivity index (χ3v) is 2.15. The topological polar surface area (TPSA) is 87.0 Å². The Bertz CT molecular complexity index is 345. The monoisotopic (exact) mass is 212 g/mol. The van der Waals surface area contributed by atoms with Crippen molar-refractivity contribution in [3.05, 3.63) is 29.8 Å². The summed E-state index contributed by atoms with van der Waals surface area (Å²) in [6, 6.07) is 5.81. The van der Waals surface area contributed by atoms with Crippen LogP contribution < -0.4 is 4.74 Å². The van der Waals surface area contributed by atoms with Gasteiger partial charge in [-0.3, -0.25) is 0 Å². The van der Waals surface area contributed by atoms with E-state index >= 15 is 0 Å². The summed E-state index contributed by atoms with van der Waals surface area (Å²) >= 11 is 0. The fourth-order valence-corrected chi connectivity index (χ4v) is 1.15. The molecule has 1 atom stereocenters. The highest BCUT2D eigenvalue weighted by Gasteiger charge is 2.37. The molecule has 5 nitrogen and oxygen atoms in total. The Morgan fingerprint density at radius 3 is 2.27 bits per heavy atom. The Morgan fingerprint density at radius 1 is 1.40 bits per heavy atom. The van der Waals surface area contributed by atoms with Gasteiger partial charge in [-0.25, -0.2) is 4.79 Å². The van der Waals surface area contributed by atoms with Crippen LogP contribution in [0.15, 0.2) is 24.3 Å². The molecule has 0 amide bonds. The largest absolute Gasteiger partial charge is 0.497 e. The molecule has 82 valence electrons. The minimum atomic E-state index is -2.26. The maximum atomic E-state index is 10.8. The van der Waals surface area contributed by atoms with Crippen molar-refractivity contribution in [2.24, 2.45) is 0 Å². The zero-order chi connectivity index (χ0) is 11.5. The van der Waals surface area contributed by atoms with Gasteiger partial charge >= 0.3 is 5.97 Å². The first-order chi connectivity index (χ1) is 7.04. The van der Waals surface area contributed by atoms with E-state index in [1.165, 1.54) is 31.4 Å². The Hall–Kier alpha value is -1.59. The number of aliphatic hydroxyl groups is 2. The lowest BCUT2D eigenvalue weighted by Crippen LogP contribution is -2.39. The molecule has 1 unspecified atom stereocenters. The SMILES string of the molecule is COc1ccc(C(O)(CO)C(=O)O)cc1. The number of methoxy groups -OCH3 is 1. The number of rotatable bonds is 4. The number of aliphatic hydroxyl groups excluding tert-OH is 1. The van der Waals surface area contributed by atoms with Crippen LogP contribution >= 0.6 is 0 Å². The smallest absolute Gasteiger partial charge is 0.342 e. The number of hydrogen-bond acceptors (Lipinski definition) is 4. The van der Waals surface area contributed by atoms with E-state index in [4.69, 9.17) is 14.9 Å². The van der Waals surface area contributed by atoms with Crippen LogP contribution in [-0.4, -0.2) is 35.0 Å². The third-order valence-electron chi connectivity index (χ3n) is 2.15. The van der Waals surface area contributed by atoms with E-state index in [1.54, 1.807) is 0 Å². The fourth-order valence-electron chi connectivity index (χ4n) is 1.15. The van der Waals surface area contributed by atoms with Crippen molar-refractivity contribution in [1.82, 2.24) is 0 Å². The predicted octanol–water partition coefficient (Wildman–Crippen LogP) is -0.0403. The summed E-state index contributed by atoms with van der Waals surface area (Å²) in [7, 11) is 1.48. The molecule has 3 N–H and O–H groups in total. The zero-order valence-corrected chi connectivity index (χ0v) is 8.17. The second kappa shape index (κ2) is 4.29. The summed E-state index contributed by atoms with van der Waals surface area (Å²) in [5, 5.41) is 27.3. The molecule has 0 bridgehead atoms. The third kappa shape index (κ3) is 2.08. The number of carboxylic acids is 1. The standard InChI is InChI=1S/C10H12O5/c1-15-8-4-2-7(3-5-8)10(14,6-11)9(12)13/h2-5,11,14H,6H2,1H3,(H,12,13). The van der Waals surface area contributed by atoms with Gasteiger partial charge in [-0.05, 0) is 17.7 Å². The Morgan fingerprint density at radius 2 is 1.93 bits per heavy atom. The van der Waals surface area contributed by atoms with Gasteiger partial charge in [0.05, 0.1) is 13.7 Å². The van der Waals surface area contributed by atoms with Crippen LogP contribution in [0.4, 0.5) is 0 Å². The first kappa shape index (κ1) is 11.5. The predicted molar refractivity (Wildman–Crippen MR) is 51.6 cm³/mol. The maximum Gasteiger partial charge on any atom is 0.342 e. The first-order valence-corrected chi connectivity index (χ1v) is 4.25. The van der Waals surface area contributed by atoms with Crippen molar-refractivity contribution in [2.45, 2.75) is 5.60 Å². The number of hydrogen-bond donors (Lipinski definition) is 3. The van der Waals surface area contributed by atoms with Gasteiger partial charge in [0.2, 0.25) is 5.60 Å². The molecule has 1 aromatic carbocycles. The van der Waals surface area contributed by atoms with Crippen LogP contribution in [0.5, 0.6) is 5.75 Å². The highest BCUT2D eigenvalue weighted by Crippen LogP contribution is 2.23. The molecule has 0 saturated carbocycles. The number of carboxylic acid groups (broad SMARTS) is 1. The van der Waals surface area contributed by atoms with Crippen LogP contribution in [0, 0.1) is 0 Å². The van der Waals surface area contributed by atoms with E-state index in [9.17, 15) is 9.90 Å². The average Bonchev–Trinajstić information content (AvgIpc) is 2.28. The lowest BCUT2D eigenvalue weighted by atomic mass is 9.95. The molecule has 1 rings (SSSR count). The van der Waals surface area contributed by atoms with Gasteiger partial charge in [0.25, 0.3) is 0 Å². The van der Waals surface area contributed by atoms with E-state index in [-0.39, 0.29) is 5.56 Å². The van der Waals surface area contributed by atoms with Crippen LogP contribution in [0.25, 0.3) is 0 Å². The second-order valence-corrected chi connectivity index (χ2v) is 3.05. The lowest BCUT2D eigenvalue weighted by molar-refractivity contribution is -0.164. The number of carbonyl (C=O) groups is 1. The number of aliphatic carboxylic acids is 1. The Labute approximate surface area is 86.5 Å². The van der Waals surface area contributed by atoms with Gasteiger partial charge in [0.15, 0.2) is 0 Å². The molecule has 0 heterocycles. The van der Waals surface area contributed by atoms with Gasteiger partial charge < -0.3 is 20.1 Å². The molecule has 0 aliphatic rings. The number of ether oxygens (including phenoxy) is 1. The molecule has 0 aliphatic carbocycles. The van der Waals surface area contributed by atoms with Crippen molar-refractivity contribution >= 4 is 5.97 Å². The molecular weight excluding hydrogens is 200 g/mol. The summed E-state index contributed by atoms with van der Waals surface area (Å²) in [4.78, 5) is 10.8. The highest BCUT2D eigenvalue weighted by atomic mass is 16.5. The number of benzene rings is 1. The summed E-state index contributed by atoms with van der Waals surface area (Å²) in [5.41, 5.74) is -2.15.